The second-order valence-electron chi connectivity index (χ2n) is 4.81. The zero-order valence-electron chi connectivity index (χ0n) is 11.0. The normalized spacial score (nSPS) is 12.7. The van der Waals surface area contributed by atoms with Crippen molar-refractivity contribution in [1.29, 1.82) is 0 Å². The first-order valence-corrected chi connectivity index (χ1v) is 6.87. The molecular weight excluding hydrogens is 252 g/mol. The smallest absolute Gasteiger partial charge is 0.307 e. The van der Waals surface area contributed by atoms with Gasteiger partial charge in [-0.3, -0.25) is 14.2 Å². The third-order valence-corrected chi connectivity index (χ3v) is 3.50. The van der Waals surface area contributed by atoms with Crippen molar-refractivity contribution >= 4 is 17.2 Å². The molecule has 102 valence electrons. The maximum Gasteiger partial charge on any atom is 0.307 e. The lowest BCUT2D eigenvalue weighted by Crippen LogP contribution is -2.41. The van der Waals surface area contributed by atoms with E-state index in [9.17, 15) is 14.7 Å². The second kappa shape index (κ2) is 6.70. The summed E-state index contributed by atoms with van der Waals surface area (Å²) in [6.45, 7) is 5.79. The molecule has 0 aliphatic carbocycles. The van der Waals surface area contributed by atoms with Crippen molar-refractivity contribution < 1.29 is 9.90 Å². The summed E-state index contributed by atoms with van der Waals surface area (Å²) in [6.07, 6.45) is 0.722. The number of carbonyl (C=O) groups excluding carboxylic acids is 1. The summed E-state index contributed by atoms with van der Waals surface area (Å²) in [4.78, 5) is 23.1. The van der Waals surface area contributed by atoms with E-state index >= 15 is 0 Å². The predicted octanol–water partition coefficient (Wildman–Crippen LogP) is 0.741. The van der Waals surface area contributed by atoms with E-state index in [0.29, 0.717) is 5.92 Å². The number of aliphatic hydroxyl groups is 1. The fraction of sp³-hybridized carbons (Fsp3) is 0.667. The SMILES string of the molecule is Cc1csc(=O)n1CC(=O)NC(CO)CC(C)C. The summed E-state index contributed by atoms with van der Waals surface area (Å²) >= 11 is 1.09. The number of hydrogen-bond donors (Lipinski definition) is 2. The Morgan fingerprint density at radius 3 is 2.67 bits per heavy atom. The Labute approximate surface area is 110 Å². The Bertz CT molecular complexity index is 450. The van der Waals surface area contributed by atoms with Gasteiger partial charge in [0, 0.05) is 11.1 Å². The highest BCUT2D eigenvalue weighted by Gasteiger charge is 2.14. The van der Waals surface area contributed by atoms with Gasteiger partial charge < -0.3 is 10.4 Å². The average Bonchev–Trinajstić information content (AvgIpc) is 2.59. The molecule has 18 heavy (non-hydrogen) atoms. The third-order valence-electron chi connectivity index (χ3n) is 2.62. The van der Waals surface area contributed by atoms with Crippen LogP contribution in [0.2, 0.25) is 0 Å². The maximum atomic E-state index is 11.8. The molecule has 1 rings (SSSR count). The first-order chi connectivity index (χ1) is 8.43. The summed E-state index contributed by atoms with van der Waals surface area (Å²) in [5, 5.41) is 13.7. The highest BCUT2D eigenvalue weighted by Crippen LogP contribution is 2.04. The van der Waals surface area contributed by atoms with Crippen LogP contribution in [-0.2, 0) is 11.3 Å². The Kier molecular flexibility index (Phi) is 5.55. The van der Waals surface area contributed by atoms with E-state index in [4.69, 9.17) is 0 Å². The lowest BCUT2D eigenvalue weighted by molar-refractivity contribution is -0.122. The Hall–Kier alpha value is -1.14. The van der Waals surface area contributed by atoms with Crippen LogP contribution in [0.5, 0.6) is 0 Å². The molecule has 0 saturated heterocycles. The van der Waals surface area contributed by atoms with Crippen LogP contribution in [-0.4, -0.2) is 28.2 Å². The molecule has 6 heteroatoms. The van der Waals surface area contributed by atoms with E-state index in [2.05, 4.69) is 5.32 Å². The molecule has 1 unspecified atom stereocenters. The van der Waals surface area contributed by atoms with E-state index in [0.717, 1.165) is 23.5 Å². The topological polar surface area (TPSA) is 71.3 Å². The zero-order valence-corrected chi connectivity index (χ0v) is 11.8. The molecule has 1 atom stereocenters. The molecule has 0 aliphatic rings. The summed E-state index contributed by atoms with van der Waals surface area (Å²) in [5.41, 5.74) is 0.782. The summed E-state index contributed by atoms with van der Waals surface area (Å²) in [5.74, 6) is 0.159. The van der Waals surface area contributed by atoms with Crippen molar-refractivity contribution in [3.8, 4) is 0 Å². The first-order valence-electron chi connectivity index (χ1n) is 5.99. The summed E-state index contributed by atoms with van der Waals surface area (Å²) < 4.78 is 1.43. The summed E-state index contributed by atoms with van der Waals surface area (Å²) in [6, 6.07) is -0.243. The predicted molar refractivity (Wildman–Crippen MR) is 71.8 cm³/mol. The van der Waals surface area contributed by atoms with Crippen molar-refractivity contribution in [3.63, 3.8) is 0 Å². The minimum atomic E-state index is -0.243. The first kappa shape index (κ1) is 14.9. The number of carbonyl (C=O) groups is 1. The Morgan fingerprint density at radius 1 is 1.56 bits per heavy atom. The van der Waals surface area contributed by atoms with Crippen LogP contribution in [0.3, 0.4) is 0 Å². The lowest BCUT2D eigenvalue weighted by atomic mass is 10.0. The molecule has 0 fully saturated rings. The zero-order chi connectivity index (χ0) is 13.7. The van der Waals surface area contributed by atoms with E-state index in [1.54, 1.807) is 12.3 Å². The van der Waals surface area contributed by atoms with Crippen LogP contribution in [0.4, 0.5) is 0 Å². The molecule has 2 N–H and O–H groups in total. The Balaban J connectivity index is 2.58. The number of nitrogens with one attached hydrogen (secondary N) is 1. The van der Waals surface area contributed by atoms with Crippen LogP contribution in [0.15, 0.2) is 10.2 Å². The molecule has 1 aromatic rings. The number of thiazole rings is 1. The van der Waals surface area contributed by atoms with E-state index in [1.165, 1.54) is 4.57 Å². The number of nitrogens with zero attached hydrogens (tertiary/aromatic N) is 1. The number of rotatable bonds is 6. The highest BCUT2D eigenvalue weighted by molar-refractivity contribution is 7.07. The van der Waals surface area contributed by atoms with Crippen molar-refractivity contribution in [2.24, 2.45) is 5.92 Å². The highest BCUT2D eigenvalue weighted by atomic mass is 32.1. The van der Waals surface area contributed by atoms with Gasteiger partial charge in [0.05, 0.1) is 12.6 Å². The molecule has 0 radical (unpaired) electrons. The molecule has 0 aromatic carbocycles. The Morgan fingerprint density at radius 2 is 2.22 bits per heavy atom. The largest absolute Gasteiger partial charge is 0.394 e. The number of amides is 1. The van der Waals surface area contributed by atoms with Gasteiger partial charge >= 0.3 is 4.87 Å². The maximum absolute atomic E-state index is 11.8. The van der Waals surface area contributed by atoms with Crippen molar-refractivity contribution in [3.05, 3.63) is 20.7 Å². The number of aliphatic hydroxyl groups excluding tert-OH is 1. The van der Waals surface area contributed by atoms with Crippen LogP contribution in [0.25, 0.3) is 0 Å². The van der Waals surface area contributed by atoms with Gasteiger partial charge in [-0.25, -0.2) is 0 Å². The van der Waals surface area contributed by atoms with Gasteiger partial charge in [0.25, 0.3) is 0 Å². The summed E-state index contributed by atoms with van der Waals surface area (Å²) in [7, 11) is 0. The molecular formula is C12H20N2O3S. The molecule has 0 spiro atoms. The standard InChI is InChI=1S/C12H20N2O3S/c1-8(2)4-10(6-15)13-11(16)5-14-9(3)7-18-12(14)17/h7-8,10,15H,4-6H2,1-3H3,(H,13,16). The fourth-order valence-electron chi connectivity index (χ4n) is 1.76. The lowest BCUT2D eigenvalue weighted by Gasteiger charge is -2.18. The van der Waals surface area contributed by atoms with Crippen molar-refractivity contribution in [1.82, 2.24) is 9.88 Å². The monoisotopic (exact) mass is 272 g/mol. The van der Waals surface area contributed by atoms with Crippen molar-refractivity contribution in [2.45, 2.75) is 39.8 Å². The van der Waals surface area contributed by atoms with Gasteiger partial charge in [-0.05, 0) is 19.3 Å². The molecule has 5 nitrogen and oxygen atoms in total. The van der Waals surface area contributed by atoms with Gasteiger partial charge in [0.15, 0.2) is 0 Å². The van der Waals surface area contributed by atoms with Crippen LogP contribution in [0.1, 0.15) is 26.0 Å². The minimum absolute atomic E-state index is 0.0166. The van der Waals surface area contributed by atoms with Gasteiger partial charge in [0.1, 0.15) is 6.54 Å². The van der Waals surface area contributed by atoms with E-state index in [1.807, 2.05) is 13.8 Å². The average molecular weight is 272 g/mol. The number of aryl methyl sites for hydroxylation is 1. The molecule has 0 bridgehead atoms. The van der Waals surface area contributed by atoms with E-state index < -0.39 is 0 Å². The van der Waals surface area contributed by atoms with Gasteiger partial charge in [-0.2, -0.15) is 0 Å². The molecule has 0 saturated carbocycles. The molecule has 1 amide bonds. The van der Waals surface area contributed by atoms with Gasteiger partial charge in [-0.1, -0.05) is 25.2 Å². The quantitative estimate of drug-likeness (QED) is 0.802. The van der Waals surface area contributed by atoms with E-state index in [-0.39, 0.29) is 30.0 Å². The second-order valence-corrected chi connectivity index (χ2v) is 5.63. The fourth-order valence-corrected chi connectivity index (χ4v) is 2.50. The van der Waals surface area contributed by atoms with Crippen LogP contribution >= 0.6 is 11.3 Å². The number of aromatic nitrogens is 1. The molecule has 1 heterocycles. The van der Waals surface area contributed by atoms with Gasteiger partial charge in [-0.15, -0.1) is 0 Å². The molecule has 0 aliphatic heterocycles. The van der Waals surface area contributed by atoms with Gasteiger partial charge in [0.2, 0.25) is 5.91 Å². The minimum Gasteiger partial charge on any atom is -0.394 e. The van der Waals surface area contributed by atoms with Crippen molar-refractivity contribution in [2.75, 3.05) is 6.61 Å². The number of hydrogen-bond acceptors (Lipinski definition) is 4. The van der Waals surface area contributed by atoms with Crippen LogP contribution < -0.4 is 10.2 Å². The van der Waals surface area contributed by atoms with Crippen LogP contribution in [0, 0.1) is 12.8 Å². The molecule has 1 aromatic heterocycles. The third kappa shape index (κ3) is 4.27.